The maximum Gasteiger partial charge on any atom is 0.164 e. The fraction of sp³-hybridized carbons (Fsp3) is 0. The van der Waals surface area contributed by atoms with E-state index in [-0.39, 0.29) is 0 Å². The van der Waals surface area contributed by atoms with E-state index in [1.807, 2.05) is 29.5 Å². The quantitative estimate of drug-likeness (QED) is 0.181. The van der Waals surface area contributed by atoms with Crippen molar-refractivity contribution < 1.29 is 0 Å². The minimum Gasteiger partial charge on any atom is -0.309 e. The Bertz CT molecular complexity index is 3450. The van der Waals surface area contributed by atoms with E-state index in [9.17, 15) is 0 Å². The molecule has 0 aliphatic rings. The molecule has 0 aliphatic heterocycles. The van der Waals surface area contributed by atoms with Crippen molar-refractivity contribution in [2.45, 2.75) is 0 Å². The van der Waals surface area contributed by atoms with Crippen LogP contribution in [0.25, 0.3) is 114 Å². The molecule has 0 unspecified atom stereocenters. The molecule has 0 aliphatic carbocycles. The topological polar surface area (TPSA) is 43.6 Å². The molecule has 0 N–H and O–H groups in total. The van der Waals surface area contributed by atoms with Crippen LogP contribution in [0.3, 0.4) is 0 Å². The summed E-state index contributed by atoms with van der Waals surface area (Å²) in [6, 6.07) is 65.2. The highest BCUT2D eigenvalue weighted by atomic mass is 32.1. The van der Waals surface area contributed by atoms with Gasteiger partial charge in [-0.05, 0) is 87.6 Å². The molecule has 0 fully saturated rings. The molecule has 56 heavy (non-hydrogen) atoms. The Morgan fingerprint density at radius 1 is 0.339 bits per heavy atom. The van der Waals surface area contributed by atoms with E-state index in [2.05, 4.69) is 168 Å². The van der Waals surface area contributed by atoms with Crippen LogP contribution in [0.4, 0.5) is 0 Å². The Labute approximate surface area is 325 Å². The fourth-order valence-corrected chi connectivity index (χ4v) is 9.61. The molecule has 3 aromatic heterocycles. The lowest BCUT2D eigenvalue weighted by atomic mass is 10.0. The highest BCUT2D eigenvalue weighted by Gasteiger charge is 2.20. The highest BCUT2D eigenvalue weighted by molar-refractivity contribution is 7.25. The minimum absolute atomic E-state index is 0.645. The standard InChI is InChI=1S/C51H30N4S/c1-2-12-31(13-3-1)49-52-50(36-22-25-48-43(28-36)39-20-10-11-21-47(39)56-48)54-51(53-49)40-23-24-44(38-19-9-8-18-37(38)40)55-45-29-34-16-6-4-14-32(34)26-41(45)42-27-33-15-5-7-17-35(33)30-46(42)55/h1-30H. The van der Waals surface area contributed by atoms with Crippen LogP contribution in [0.5, 0.6) is 0 Å². The largest absolute Gasteiger partial charge is 0.309 e. The van der Waals surface area contributed by atoms with Crippen molar-refractivity contribution in [3.8, 4) is 39.9 Å². The Morgan fingerprint density at radius 2 is 0.875 bits per heavy atom. The number of hydrogen-bond donors (Lipinski definition) is 0. The summed E-state index contributed by atoms with van der Waals surface area (Å²) in [4.78, 5) is 15.5. The zero-order valence-corrected chi connectivity index (χ0v) is 30.8. The number of aromatic nitrogens is 4. The van der Waals surface area contributed by atoms with E-state index in [0.29, 0.717) is 17.5 Å². The number of hydrogen-bond acceptors (Lipinski definition) is 4. The summed E-state index contributed by atoms with van der Waals surface area (Å²) in [7, 11) is 0. The molecule has 0 saturated heterocycles. The molecular weight excluding hydrogens is 701 g/mol. The van der Waals surface area contributed by atoms with Crippen molar-refractivity contribution in [2.24, 2.45) is 0 Å². The van der Waals surface area contributed by atoms with E-state index in [0.717, 1.165) is 33.2 Å². The molecule has 0 radical (unpaired) electrons. The molecule has 12 aromatic rings. The van der Waals surface area contributed by atoms with Crippen molar-refractivity contribution in [2.75, 3.05) is 0 Å². The van der Waals surface area contributed by atoms with Gasteiger partial charge >= 0.3 is 0 Å². The van der Waals surface area contributed by atoms with Crippen molar-refractivity contribution >= 4 is 85.6 Å². The van der Waals surface area contributed by atoms with Crippen LogP contribution < -0.4 is 0 Å². The molecule has 0 saturated carbocycles. The summed E-state index contributed by atoms with van der Waals surface area (Å²) in [5.41, 5.74) is 6.35. The molecule has 9 aromatic carbocycles. The SMILES string of the molecule is c1ccc(-c2nc(-c3ccc4sc5ccccc5c4c3)nc(-c3ccc(-n4c5cc6ccccc6cc5c5cc6ccccc6cc54)c4ccccc34)n2)cc1. The van der Waals surface area contributed by atoms with Gasteiger partial charge in [0, 0.05) is 53.0 Å². The Hall–Kier alpha value is -7.21. The van der Waals surface area contributed by atoms with Crippen LogP contribution >= 0.6 is 11.3 Å². The lowest BCUT2D eigenvalue weighted by molar-refractivity contribution is 1.08. The first-order valence-corrected chi connectivity index (χ1v) is 19.7. The van der Waals surface area contributed by atoms with E-state index in [4.69, 9.17) is 15.0 Å². The fourth-order valence-electron chi connectivity index (χ4n) is 8.53. The van der Waals surface area contributed by atoms with Crippen LogP contribution in [0, 0.1) is 0 Å². The smallest absolute Gasteiger partial charge is 0.164 e. The van der Waals surface area contributed by atoms with Crippen LogP contribution in [-0.4, -0.2) is 19.5 Å². The molecule has 4 nitrogen and oxygen atoms in total. The molecule has 3 heterocycles. The van der Waals surface area contributed by atoms with Gasteiger partial charge in [0.25, 0.3) is 0 Å². The van der Waals surface area contributed by atoms with Crippen LogP contribution in [0.15, 0.2) is 182 Å². The normalized spacial score (nSPS) is 11.9. The summed E-state index contributed by atoms with van der Waals surface area (Å²) < 4.78 is 4.97. The van der Waals surface area contributed by atoms with Crippen molar-refractivity contribution in [1.29, 1.82) is 0 Å². The van der Waals surface area contributed by atoms with E-state index in [1.54, 1.807) is 0 Å². The summed E-state index contributed by atoms with van der Waals surface area (Å²) in [5, 5.41) is 12.1. The van der Waals surface area contributed by atoms with Gasteiger partial charge in [0.1, 0.15) is 0 Å². The van der Waals surface area contributed by atoms with Crippen molar-refractivity contribution in [3.63, 3.8) is 0 Å². The van der Waals surface area contributed by atoms with Gasteiger partial charge in [0.2, 0.25) is 0 Å². The van der Waals surface area contributed by atoms with Gasteiger partial charge in [-0.3, -0.25) is 0 Å². The minimum atomic E-state index is 0.645. The van der Waals surface area contributed by atoms with Gasteiger partial charge in [0.15, 0.2) is 17.5 Å². The van der Waals surface area contributed by atoms with E-state index < -0.39 is 0 Å². The van der Waals surface area contributed by atoms with Crippen LogP contribution in [0.1, 0.15) is 0 Å². The van der Waals surface area contributed by atoms with Gasteiger partial charge < -0.3 is 4.57 Å². The summed E-state index contributed by atoms with van der Waals surface area (Å²) in [5.74, 6) is 1.95. The highest BCUT2D eigenvalue weighted by Crippen LogP contribution is 2.41. The zero-order valence-electron chi connectivity index (χ0n) is 30.0. The van der Waals surface area contributed by atoms with Gasteiger partial charge in [-0.1, -0.05) is 121 Å². The summed E-state index contributed by atoms with van der Waals surface area (Å²) in [6.07, 6.45) is 0. The van der Waals surface area contributed by atoms with Gasteiger partial charge in [-0.25, -0.2) is 15.0 Å². The molecule has 12 rings (SSSR count). The predicted octanol–water partition coefficient (Wildman–Crippen LogP) is 13.8. The van der Waals surface area contributed by atoms with Crippen molar-refractivity contribution in [1.82, 2.24) is 19.5 Å². The number of rotatable bonds is 4. The van der Waals surface area contributed by atoms with Crippen LogP contribution in [0.2, 0.25) is 0 Å². The lowest BCUT2D eigenvalue weighted by Gasteiger charge is -2.15. The molecular formula is C51H30N4S. The third-order valence-electron chi connectivity index (χ3n) is 11.2. The second kappa shape index (κ2) is 12.2. The van der Waals surface area contributed by atoms with Crippen molar-refractivity contribution in [3.05, 3.63) is 182 Å². The number of thiophene rings is 1. The average Bonchev–Trinajstić information content (AvgIpc) is 3.78. The van der Waals surface area contributed by atoms with Gasteiger partial charge in [-0.2, -0.15) is 0 Å². The van der Waals surface area contributed by atoms with Gasteiger partial charge in [-0.15, -0.1) is 11.3 Å². The number of fused-ring (bicyclic) bond motifs is 9. The first-order valence-electron chi connectivity index (χ1n) is 18.8. The monoisotopic (exact) mass is 730 g/mol. The first kappa shape index (κ1) is 31.2. The maximum absolute atomic E-state index is 5.26. The molecule has 0 atom stereocenters. The number of nitrogens with zero attached hydrogens (tertiary/aromatic N) is 4. The third kappa shape index (κ3) is 4.81. The predicted molar refractivity (Wildman–Crippen MR) is 236 cm³/mol. The molecule has 0 amide bonds. The maximum atomic E-state index is 5.26. The third-order valence-corrected chi connectivity index (χ3v) is 12.3. The molecule has 260 valence electrons. The second-order valence-electron chi connectivity index (χ2n) is 14.4. The summed E-state index contributed by atoms with van der Waals surface area (Å²) in [6.45, 7) is 0. The molecule has 5 heteroatoms. The van der Waals surface area contributed by atoms with Gasteiger partial charge in [0.05, 0.1) is 16.7 Å². The first-order chi connectivity index (χ1) is 27.7. The second-order valence-corrected chi connectivity index (χ2v) is 15.5. The van der Waals surface area contributed by atoms with Crippen LogP contribution in [-0.2, 0) is 0 Å². The zero-order chi connectivity index (χ0) is 36.7. The van der Waals surface area contributed by atoms with E-state index >= 15 is 0 Å². The molecule has 0 bridgehead atoms. The number of benzene rings is 9. The lowest BCUT2D eigenvalue weighted by Crippen LogP contribution is -2.01. The molecule has 0 spiro atoms. The summed E-state index contributed by atoms with van der Waals surface area (Å²) >= 11 is 1.81. The van der Waals surface area contributed by atoms with E-state index in [1.165, 1.54) is 63.5 Å². The Morgan fingerprint density at radius 3 is 1.57 bits per heavy atom. The Balaban J connectivity index is 1.11. The Kier molecular flexibility index (Phi) is 6.76. The average molecular weight is 731 g/mol.